The van der Waals surface area contributed by atoms with Crippen LogP contribution >= 0.6 is 11.3 Å². The number of nitrogens with zero attached hydrogens (tertiary/aromatic N) is 3. The topological polar surface area (TPSA) is 40.1 Å². The van der Waals surface area contributed by atoms with Crippen LogP contribution in [0.15, 0.2) is 46.1 Å². The molecule has 0 radical (unpaired) electrons. The molecule has 0 atom stereocenters. The maximum Gasteiger partial charge on any atom is 0.194 e. The fraction of sp³-hybridized carbons (Fsp3) is 0.389. The van der Waals surface area contributed by atoms with Gasteiger partial charge in [0.1, 0.15) is 5.75 Å². The minimum atomic E-state index is 0.826. The number of aliphatic imine (C=N–C) groups is 1. The number of rotatable bonds is 4. The number of guanidine groups is 1. The number of benzene rings is 1. The van der Waals surface area contributed by atoms with E-state index < -0.39 is 0 Å². The van der Waals surface area contributed by atoms with Crippen LogP contribution in [0.25, 0.3) is 0 Å². The SMILES string of the molecule is CN=C(NCc1ccsc1)N1CCN(c2cccc(OC)c2)CC1. The molecule has 5 nitrogen and oxygen atoms in total. The van der Waals surface area contributed by atoms with E-state index in [9.17, 15) is 0 Å². The Hall–Kier alpha value is -2.21. The number of hydrogen-bond acceptors (Lipinski definition) is 4. The van der Waals surface area contributed by atoms with Crippen molar-refractivity contribution in [2.75, 3.05) is 45.2 Å². The van der Waals surface area contributed by atoms with Crippen LogP contribution in [0.1, 0.15) is 5.56 Å². The van der Waals surface area contributed by atoms with Crippen LogP contribution in [-0.2, 0) is 6.54 Å². The second kappa shape index (κ2) is 8.06. The second-order valence-corrected chi connectivity index (χ2v) is 6.49. The van der Waals surface area contributed by atoms with E-state index in [0.29, 0.717) is 0 Å². The van der Waals surface area contributed by atoms with Crippen molar-refractivity contribution in [2.24, 2.45) is 4.99 Å². The summed E-state index contributed by atoms with van der Waals surface area (Å²) in [5, 5.41) is 7.73. The van der Waals surface area contributed by atoms with Gasteiger partial charge in [-0.1, -0.05) is 6.07 Å². The Morgan fingerprint density at radius 2 is 2.08 bits per heavy atom. The van der Waals surface area contributed by atoms with E-state index in [-0.39, 0.29) is 0 Å². The average molecular weight is 344 g/mol. The Balaban J connectivity index is 1.55. The molecule has 0 aliphatic carbocycles. The Morgan fingerprint density at radius 3 is 2.75 bits per heavy atom. The highest BCUT2D eigenvalue weighted by atomic mass is 32.1. The molecule has 0 spiro atoms. The molecule has 3 rings (SSSR count). The molecule has 1 aliphatic heterocycles. The van der Waals surface area contributed by atoms with Gasteiger partial charge in [0.2, 0.25) is 0 Å². The summed E-state index contributed by atoms with van der Waals surface area (Å²) in [6.45, 7) is 4.70. The Kier molecular flexibility index (Phi) is 5.59. The van der Waals surface area contributed by atoms with Gasteiger partial charge in [-0.05, 0) is 34.5 Å². The van der Waals surface area contributed by atoms with E-state index >= 15 is 0 Å². The van der Waals surface area contributed by atoms with Crippen molar-refractivity contribution < 1.29 is 4.74 Å². The van der Waals surface area contributed by atoms with Crippen LogP contribution in [0.4, 0.5) is 5.69 Å². The molecule has 1 fully saturated rings. The molecule has 0 amide bonds. The van der Waals surface area contributed by atoms with Crippen LogP contribution in [0.3, 0.4) is 0 Å². The number of thiophene rings is 1. The Morgan fingerprint density at radius 1 is 1.25 bits per heavy atom. The molecule has 2 heterocycles. The standard InChI is InChI=1S/C18H24N4OS/c1-19-18(20-13-15-6-11-24-14-15)22-9-7-21(8-10-22)16-4-3-5-17(12-16)23-2/h3-6,11-12,14H,7-10,13H2,1-2H3,(H,19,20). The molecule has 1 aromatic heterocycles. The van der Waals surface area contributed by atoms with Crippen molar-refractivity contribution in [1.82, 2.24) is 10.2 Å². The molecule has 2 aromatic rings. The van der Waals surface area contributed by atoms with Crippen LogP contribution in [-0.4, -0.2) is 51.2 Å². The molecule has 128 valence electrons. The normalized spacial score (nSPS) is 15.5. The average Bonchev–Trinajstić information content (AvgIpc) is 3.16. The molecular weight excluding hydrogens is 320 g/mol. The third-order valence-corrected chi connectivity index (χ3v) is 4.97. The van der Waals surface area contributed by atoms with Crippen molar-refractivity contribution in [3.63, 3.8) is 0 Å². The summed E-state index contributed by atoms with van der Waals surface area (Å²) in [5.41, 5.74) is 2.52. The first-order chi connectivity index (χ1) is 11.8. The molecule has 0 saturated carbocycles. The molecular formula is C18H24N4OS. The summed E-state index contributed by atoms with van der Waals surface area (Å²) in [7, 11) is 3.56. The number of ether oxygens (including phenoxy) is 1. The summed E-state index contributed by atoms with van der Waals surface area (Å²) >= 11 is 1.72. The van der Waals surface area contributed by atoms with E-state index in [4.69, 9.17) is 4.74 Å². The van der Waals surface area contributed by atoms with Gasteiger partial charge < -0.3 is 19.9 Å². The summed E-state index contributed by atoms with van der Waals surface area (Å²) < 4.78 is 5.32. The predicted octanol–water partition coefficient (Wildman–Crippen LogP) is 2.65. The maximum atomic E-state index is 5.32. The molecule has 24 heavy (non-hydrogen) atoms. The molecule has 0 bridgehead atoms. The Labute approximate surface area is 147 Å². The minimum absolute atomic E-state index is 0.826. The highest BCUT2D eigenvalue weighted by molar-refractivity contribution is 7.07. The predicted molar refractivity (Wildman–Crippen MR) is 101 cm³/mol. The van der Waals surface area contributed by atoms with E-state index in [2.05, 4.69) is 49.1 Å². The van der Waals surface area contributed by atoms with E-state index in [1.165, 1.54) is 11.3 Å². The second-order valence-electron chi connectivity index (χ2n) is 5.71. The largest absolute Gasteiger partial charge is 0.497 e. The fourth-order valence-corrected chi connectivity index (χ4v) is 3.56. The van der Waals surface area contributed by atoms with Gasteiger partial charge in [-0.25, -0.2) is 0 Å². The third-order valence-electron chi connectivity index (χ3n) is 4.24. The van der Waals surface area contributed by atoms with Crippen LogP contribution in [0, 0.1) is 0 Å². The molecule has 1 saturated heterocycles. The highest BCUT2D eigenvalue weighted by Crippen LogP contribution is 2.22. The van der Waals surface area contributed by atoms with Gasteiger partial charge in [-0.15, -0.1) is 0 Å². The lowest BCUT2D eigenvalue weighted by Crippen LogP contribution is -2.52. The van der Waals surface area contributed by atoms with Gasteiger partial charge in [0.05, 0.1) is 7.11 Å². The zero-order valence-electron chi connectivity index (χ0n) is 14.2. The van der Waals surface area contributed by atoms with Crippen LogP contribution in [0.5, 0.6) is 5.75 Å². The summed E-state index contributed by atoms with van der Waals surface area (Å²) in [6.07, 6.45) is 0. The van der Waals surface area contributed by atoms with Gasteiger partial charge in [-0.2, -0.15) is 11.3 Å². The lowest BCUT2D eigenvalue weighted by Gasteiger charge is -2.37. The lowest BCUT2D eigenvalue weighted by molar-refractivity contribution is 0.372. The molecule has 1 aliphatic rings. The molecule has 1 aromatic carbocycles. The zero-order valence-corrected chi connectivity index (χ0v) is 15.1. The van der Waals surface area contributed by atoms with Crippen molar-refractivity contribution >= 4 is 23.0 Å². The quantitative estimate of drug-likeness (QED) is 0.684. The molecule has 0 unspecified atom stereocenters. The van der Waals surface area contributed by atoms with Crippen molar-refractivity contribution in [1.29, 1.82) is 0 Å². The maximum absolute atomic E-state index is 5.32. The van der Waals surface area contributed by atoms with Gasteiger partial charge in [0.25, 0.3) is 0 Å². The van der Waals surface area contributed by atoms with Gasteiger partial charge in [0.15, 0.2) is 5.96 Å². The lowest BCUT2D eigenvalue weighted by atomic mass is 10.2. The van der Waals surface area contributed by atoms with Gasteiger partial charge in [-0.3, -0.25) is 4.99 Å². The first-order valence-electron chi connectivity index (χ1n) is 8.16. The molecule has 6 heteroatoms. The number of anilines is 1. The number of hydrogen-bond donors (Lipinski definition) is 1. The van der Waals surface area contributed by atoms with E-state index in [0.717, 1.165) is 44.4 Å². The fourth-order valence-electron chi connectivity index (χ4n) is 2.89. The Bertz CT molecular complexity index is 663. The zero-order chi connectivity index (χ0) is 16.8. The van der Waals surface area contributed by atoms with Crippen LogP contribution < -0.4 is 15.0 Å². The summed E-state index contributed by atoms with van der Waals surface area (Å²) in [5.74, 6) is 1.88. The number of nitrogens with one attached hydrogen (secondary N) is 1. The van der Waals surface area contributed by atoms with Crippen LogP contribution in [0.2, 0.25) is 0 Å². The monoisotopic (exact) mass is 344 g/mol. The highest BCUT2D eigenvalue weighted by Gasteiger charge is 2.20. The van der Waals surface area contributed by atoms with E-state index in [1.54, 1.807) is 18.4 Å². The first kappa shape index (κ1) is 16.6. The van der Waals surface area contributed by atoms with Crippen molar-refractivity contribution in [3.8, 4) is 5.75 Å². The number of piperazine rings is 1. The minimum Gasteiger partial charge on any atom is -0.497 e. The van der Waals surface area contributed by atoms with E-state index in [1.807, 2.05) is 19.2 Å². The smallest absolute Gasteiger partial charge is 0.194 e. The summed E-state index contributed by atoms with van der Waals surface area (Å²) in [4.78, 5) is 9.15. The number of methoxy groups -OCH3 is 1. The third kappa shape index (κ3) is 4.00. The van der Waals surface area contributed by atoms with Gasteiger partial charge >= 0.3 is 0 Å². The van der Waals surface area contributed by atoms with Crippen molar-refractivity contribution in [2.45, 2.75) is 6.54 Å². The summed E-state index contributed by atoms with van der Waals surface area (Å²) in [6, 6.07) is 10.4. The first-order valence-corrected chi connectivity index (χ1v) is 9.10. The van der Waals surface area contributed by atoms with Gasteiger partial charge in [0, 0.05) is 51.5 Å². The van der Waals surface area contributed by atoms with Crippen molar-refractivity contribution in [3.05, 3.63) is 46.7 Å². The molecule has 1 N–H and O–H groups in total.